The second-order valence-corrected chi connectivity index (χ2v) is 5.94. The number of amides is 2. The van der Waals surface area contributed by atoms with E-state index in [0.717, 1.165) is 5.69 Å². The van der Waals surface area contributed by atoms with E-state index in [4.69, 9.17) is 0 Å². The molecule has 1 unspecified atom stereocenters. The normalized spacial score (nSPS) is 20.1. The van der Waals surface area contributed by atoms with E-state index in [1.54, 1.807) is 0 Å². The van der Waals surface area contributed by atoms with E-state index in [0.29, 0.717) is 12.8 Å². The summed E-state index contributed by atoms with van der Waals surface area (Å²) in [5, 5.41) is 5.63. The molecule has 0 saturated carbocycles. The summed E-state index contributed by atoms with van der Waals surface area (Å²) in [5.41, 5.74) is 2.13. The van der Waals surface area contributed by atoms with E-state index in [2.05, 4.69) is 37.5 Å². The smallest absolute Gasteiger partial charge is 0.249 e. The van der Waals surface area contributed by atoms with Crippen molar-refractivity contribution < 1.29 is 9.59 Å². The van der Waals surface area contributed by atoms with E-state index in [9.17, 15) is 9.59 Å². The van der Waals surface area contributed by atoms with Crippen molar-refractivity contribution in [3.8, 4) is 0 Å². The van der Waals surface area contributed by atoms with Crippen LogP contribution >= 0.6 is 0 Å². The van der Waals surface area contributed by atoms with Crippen molar-refractivity contribution in [2.45, 2.75) is 45.1 Å². The molecule has 19 heavy (non-hydrogen) atoms. The molecule has 2 rings (SSSR count). The lowest BCUT2D eigenvalue weighted by atomic mass is 9.85. The minimum Gasteiger partial charge on any atom is -0.373 e. The van der Waals surface area contributed by atoms with Crippen LogP contribution in [0.1, 0.15) is 39.2 Å². The van der Waals surface area contributed by atoms with Crippen molar-refractivity contribution in [1.29, 1.82) is 0 Å². The van der Waals surface area contributed by atoms with Crippen molar-refractivity contribution >= 4 is 17.5 Å². The summed E-state index contributed by atoms with van der Waals surface area (Å²) in [7, 11) is 0. The van der Waals surface area contributed by atoms with Gasteiger partial charge in [0.05, 0.1) is 0 Å². The molecule has 2 amide bonds. The fraction of sp³-hybridized carbons (Fsp3) is 0.467. The molecule has 0 spiro atoms. The first kappa shape index (κ1) is 13.6. The second-order valence-electron chi connectivity index (χ2n) is 5.94. The standard InChI is InChI=1S/C15H20N2O2/c1-15(2,3)10-6-4-5-7-11(10)16-12-8-9-13(18)17-14(12)19/h4-7,12,16H,8-9H2,1-3H3,(H,17,18,19). The molecule has 0 bridgehead atoms. The summed E-state index contributed by atoms with van der Waals surface area (Å²) < 4.78 is 0. The number of carbonyl (C=O) groups is 2. The van der Waals surface area contributed by atoms with Crippen LogP contribution in [-0.2, 0) is 15.0 Å². The van der Waals surface area contributed by atoms with Crippen LogP contribution in [0.2, 0.25) is 0 Å². The van der Waals surface area contributed by atoms with Crippen LogP contribution in [0.15, 0.2) is 24.3 Å². The molecule has 0 aliphatic carbocycles. The van der Waals surface area contributed by atoms with E-state index >= 15 is 0 Å². The summed E-state index contributed by atoms with van der Waals surface area (Å²) in [5.74, 6) is -0.424. The summed E-state index contributed by atoms with van der Waals surface area (Å²) >= 11 is 0. The van der Waals surface area contributed by atoms with Gasteiger partial charge >= 0.3 is 0 Å². The minimum atomic E-state index is -0.332. The fourth-order valence-corrected chi connectivity index (χ4v) is 2.28. The number of hydrogen-bond donors (Lipinski definition) is 2. The number of nitrogens with one attached hydrogen (secondary N) is 2. The summed E-state index contributed by atoms with van der Waals surface area (Å²) in [6.45, 7) is 6.41. The first-order valence-corrected chi connectivity index (χ1v) is 6.57. The Morgan fingerprint density at radius 2 is 1.89 bits per heavy atom. The van der Waals surface area contributed by atoms with Crippen LogP contribution in [0, 0.1) is 0 Å². The van der Waals surface area contributed by atoms with Gasteiger partial charge in [-0.15, -0.1) is 0 Å². The SMILES string of the molecule is CC(C)(C)c1ccccc1NC1CCC(=O)NC1=O. The van der Waals surface area contributed by atoms with Gasteiger partial charge in [-0.3, -0.25) is 14.9 Å². The van der Waals surface area contributed by atoms with Crippen molar-refractivity contribution in [2.24, 2.45) is 0 Å². The molecule has 102 valence electrons. The van der Waals surface area contributed by atoms with Crippen molar-refractivity contribution in [1.82, 2.24) is 5.32 Å². The Hall–Kier alpha value is -1.84. The Kier molecular flexibility index (Phi) is 3.60. The fourth-order valence-electron chi connectivity index (χ4n) is 2.28. The highest BCUT2D eigenvalue weighted by molar-refractivity contribution is 6.01. The maximum Gasteiger partial charge on any atom is 0.249 e. The van der Waals surface area contributed by atoms with Crippen molar-refractivity contribution in [3.05, 3.63) is 29.8 Å². The molecule has 4 heteroatoms. The summed E-state index contributed by atoms with van der Waals surface area (Å²) in [4.78, 5) is 22.9. The zero-order chi connectivity index (χ0) is 14.0. The first-order valence-electron chi connectivity index (χ1n) is 6.57. The number of imide groups is 1. The second kappa shape index (κ2) is 5.03. The van der Waals surface area contributed by atoms with Gasteiger partial charge in [0.1, 0.15) is 6.04 Å². The van der Waals surface area contributed by atoms with Gasteiger partial charge < -0.3 is 5.32 Å². The molecule has 0 radical (unpaired) electrons. The average Bonchev–Trinajstić information content (AvgIpc) is 2.32. The van der Waals surface area contributed by atoms with Crippen LogP contribution in [0.5, 0.6) is 0 Å². The zero-order valence-electron chi connectivity index (χ0n) is 11.6. The van der Waals surface area contributed by atoms with Gasteiger partial charge in [-0.2, -0.15) is 0 Å². The predicted molar refractivity (Wildman–Crippen MR) is 74.9 cm³/mol. The third kappa shape index (κ3) is 3.13. The number of piperidine rings is 1. The van der Waals surface area contributed by atoms with Gasteiger partial charge in [-0.25, -0.2) is 0 Å². The third-order valence-corrected chi connectivity index (χ3v) is 3.30. The highest BCUT2D eigenvalue weighted by Gasteiger charge is 2.27. The Morgan fingerprint density at radius 3 is 2.53 bits per heavy atom. The molecule has 1 fully saturated rings. The number of rotatable bonds is 2. The molecule has 1 aliphatic rings. The largest absolute Gasteiger partial charge is 0.373 e. The molecule has 2 N–H and O–H groups in total. The van der Waals surface area contributed by atoms with Gasteiger partial charge in [0.25, 0.3) is 0 Å². The quantitative estimate of drug-likeness (QED) is 0.801. The van der Waals surface area contributed by atoms with E-state index in [1.165, 1.54) is 5.56 Å². The van der Waals surface area contributed by atoms with Crippen LogP contribution in [0.4, 0.5) is 5.69 Å². The lowest BCUT2D eigenvalue weighted by Crippen LogP contribution is -2.47. The van der Waals surface area contributed by atoms with Crippen LogP contribution < -0.4 is 10.6 Å². The van der Waals surface area contributed by atoms with Crippen LogP contribution in [-0.4, -0.2) is 17.9 Å². The number of para-hydroxylation sites is 1. The van der Waals surface area contributed by atoms with Crippen molar-refractivity contribution in [3.63, 3.8) is 0 Å². The Morgan fingerprint density at radius 1 is 1.21 bits per heavy atom. The highest BCUT2D eigenvalue weighted by atomic mass is 16.2. The maximum atomic E-state index is 11.8. The molecule has 4 nitrogen and oxygen atoms in total. The topological polar surface area (TPSA) is 58.2 Å². The Labute approximate surface area is 113 Å². The lowest BCUT2D eigenvalue weighted by molar-refractivity contribution is -0.133. The zero-order valence-corrected chi connectivity index (χ0v) is 11.6. The van der Waals surface area contributed by atoms with Crippen LogP contribution in [0.3, 0.4) is 0 Å². The number of hydrogen-bond acceptors (Lipinski definition) is 3. The molecular weight excluding hydrogens is 240 g/mol. The minimum absolute atomic E-state index is 0.00452. The van der Waals surface area contributed by atoms with Crippen molar-refractivity contribution in [2.75, 3.05) is 5.32 Å². The Bertz CT molecular complexity index is 503. The third-order valence-electron chi connectivity index (χ3n) is 3.30. The maximum absolute atomic E-state index is 11.8. The van der Waals surface area contributed by atoms with E-state index in [1.807, 2.05) is 18.2 Å². The average molecular weight is 260 g/mol. The predicted octanol–water partition coefficient (Wildman–Crippen LogP) is 2.20. The van der Waals surface area contributed by atoms with Gasteiger partial charge in [-0.1, -0.05) is 39.0 Å². The lowest BCUT2D eigenvalue weighted by Gasteiger charge is -2.28. The molecule has 1 aliphatic heterocycles. The summed E-state index contributed by atoms with van der Waals surface area (Å²) in [6, 6.07) is 7.65. The van der Waals surface area contributed by atoms with Gasteiger partial charge in [0, 0.05) is 12.1 Å². The molecule has 1 aromatic carbocycles. The molecule has 0 aromatic heterocycles. The van der Waals surface area contributed by atoms with Gasteiger partial charge in [-0.05, 0) is 23.5 Å². The van der Waals surface area contributed by atoms with Crippen LogP contribution in [0.25, 0.3) is 0 Å². The molecule has 1 aromatic rings. The monoisotopic (exact) mass is 260 g/mol. The van der Waals surface area contributed by atoms with E-state index < -0.39 is 0 Å². The number of carbonyl (C=O) groups excluding carboxylic acids is 2. The summed E-state index contributed by atoms with van der Waals surface area (Å²) in [6.07, 6.45) is 0.935. The van der Waals surface area contributed by atoms with Gasteiger partial charge in [0.15, 0.2) is 0 Å². The molecule has 1 saturated heterocycles. The first-order chi connectivity index (χ1) is 8.88. The number of benzene rings is 1. The molecule has 1 atom stereocenters. The van der Waals surface area contributed by atoms with E-state index in [-0.39, 0.29) is 23.3 Å². The molecular formula is C15H20N2O2. The number of anilines is 1. The molecule has 1 heterocycles. The Balaban J connectivity index is 2.20. The van der Waals surface area contributed by atoms with Gasteiger partial charge in [0.2, 0.25) is 11.8 Å². The highest BCUT2D eigenvalue weighted by Crippen LogP contribution is 2.30.